The predicted octanol–water partition coefficient (Wildman–Crippen LogP) is 4.63. The summed E-state index contributed by atoms with van der Waals surface area (Å²) in [6, 6.07) is 19.6. The second-order valence-electron chi connectivity index (χ2n) is 7.02. The first-order chi connectivity index (χ1) is 15.3. The van der Waals surface area contributed by atoms with E-state index < -0.39 is 0 Å². The Balaban J connectivity index is 0.00000289. The number of ether oxygens (including phenoxy) is 3. The average molecular weight is 546 g/mol. The summed E-state index contributed by atoms with van der Waals surface area (Å²) < 4.78 is 17.2. The number of nitrogens with zero attached hydrogens (tertiary/aromatic N) is 2. The molecule has 168 valence electrons. The lowest BCUT2D eigenvalue weighted by Gasteiger charge is -2.14. The molecule has 0 unspecified atom stereocenters. The van der Waals surface area contributed by atoms with E-state index in [-0.39, 0.29) is 24.0 Å². The summed E-state index contributed by atoms with van der Waals surface area (Å²) in [5.74, 6) is 3.00. The van der Waals surface area contributed by atoms with Gasteiger partial charge in [-0.2, -0.15) is 0 Å². The predicted molar refractivity (Wildman–Crippen MR) is 136 cm³/mol. The molecule has 0 saturated carbocycles. The number of hydrogen-bond acceptors (Lipinski definition) is 5. The van der Waals surface area contributed by atoms with E-state index in [2.05, 4.69) is 20.6 Å². The van der Waals surface area contributed by atoms with Crippen molar-refractivity contribution in [3.05, 3.63) is 78.1 Å². The summed E-state index contributed by atoms with van der Waals surface area (Å²) in [6.45, 7) is 2.41. The molecule has 32 heavy (non-hydrogen) atoms. The van der Waals surface area contributed by atoms with Crippen molar-refractivity contribution in [2.75, 3.05) is 25.6 Å². The van der Waals surface area contributed by atoms with Crippen LogP contribution < -0.4 is 24.8 Å². The van der Waals surface area contributed by atoms with Gasteiger partial charge in [0.1, 0.15) is 12.4 Å². The van der Waals surface area contributed by atoms with E-state index in [4.69, 9.17) is 14.2 Å². The normalized spacial score (nSPS) is 12.8. The Morgan fingerprint density at radius 3 is 2.59 bits per heavy atom. The molecule has 3 aromatic rings. The zero-order chi connectivity index (χ0) is 21.3. The van der Waals surface area contributed by atoms with E-state index in [1.165, 1.54) is 0 Å². The standard InChI is InChI=1S/C24H26N4O3.HI/c1-25-24(28-19-8-11-22-23(15-19)30-14-4-13-29-22)27-16-18-6-9-21(10-7-18)31-17-20-5-2-3-12-26-20;/h2-3,5-12,15H,4,13-14,16-17H2,1H3,(H2,25,27,28);1H. The van der Waals surface area contributed by atoms with Crippen molar-refractivity contribution in [1.82, 2.24) is 10.3 Å². The van der Waals surface area contributed by atoms with E-state index >= 15 is 0 Å². The quantitative estimate of drug-likeness (QED) is 0.267. The highest BCUT2D eigenvalue weighted by Crippen LogP contribution is 2.32. The number of anilines is 1. The number of nitrogens with one attached hydrogen (secondary N) is 2. The van der Waals surface area contributed by atoms with E-state index in [0.717, 1.165) is 40.6 Å². The molecule has 2 N–H and O–H groups in total. The van der Waals surface area contributed by atoms with Gasteiger partial charge in [-0.3, -0.25) is 9.98 Å². The molecule has 4 rings (SSSR count). The van der Waals surface area contributed by atoms with Crippen molar-refractivity contribution in [1.29, 1.82) is 0 Å². The summed E-state index contributed by atoms with van der Waals surface area (Å²) in [5, 5.41) is 6.61. The molecule has 0 aliphatic carbocycles. The SMILES string of the molecule is CN=C(NCc1ccc(OCc2ccccn2)cc1)Nc1ccc2c(c1)OCCCO2.I. The molecular formula is C24H27IN4O3. The minimum atomic E-state index is 0. The van der Waals surface area contributed by atoms with Gasteiger partial charge in [0.2, 0.25) is 0 Å². The maximum absolute atomic E-state index is 5.79. The second kappa shape index (κ2) is 12.1. The van der Waals surface area contributed by atoms with Crippen LogP contribution in [0.1, 0.15) is 17.7 Å². The molecule has 0 radical (unpaired) electrons. The molecule has 7 nitrogen and oxygen atoms in total. The van der Waals surface area contributed by atoms with Crippen LogP contribution in [0.15, 0.2) is 71.9 Å². The molecule has 1 aliphatic heterocycles. The van der Waals surface area contributed by atoms with Gasteiger partial charge >= 0.3 is 0 Å². The zero-order valence-corrected chi connectivity index (χ0v) is 20.2. The van der Waals surface area contributed by atoms with Crippen LogP contribution in [0, 0.1) is 0 Å². The third-order valence-electron chi connectivity index (χ3n) is 4.73. The van der Waals surface area contributed by atoms with Crippen LogP contribution in [0.5, 0.6) is 17.2 Å². The Kier molecular flexibility index (Phi) is 8.97. The Morgan fingerprint density at radius 2 is 1.84 bits per heavy atom. The fourth-order valence-corrected chi connectivity index (χ4v) is 3.09. The van der Waals surface area contributed by atoms with Gasteiger partial charge in [0.25, 0.3) is 0 Å². The van der Waals surface area contributed by atoms with Crippen molar-refractivity contribution in [2.24, 2.45) is 4.99 Å². The highest BCUT2D eigenvalue weighted by molar-refractivity contribution is 14.0. The van der Waals surface area contributed by atoms with Crippen molar-refractivity contribution in [2.45, 2.75) is 19.6 Å². The first-order valence-corrected chi connectivity index (χ1v) is 10.3. The summed E-state index contributed by atoms with van der Waals surface area (Å²) in [6.07, 6.45) is 2.65. The van der Waals surface area contributed by atoms with E-state index in [9.17, 15) is 0 Å². The topological polar surface area (TPSA) is 77.0 Å². The number of pyridine rings is 1. The van der Waals surface area contributed by atoms with Crippen LogP contribution in [0.25, 0.3) is 0 Å². The Labute approximate surface area is 205 Å². The molecule has 8 heteroatoms. The Bertz CT molecular complexity index is 1010. The molecular weight excluding hydrogens is 519 g/mol. The Morgan fingerprint density at radius 1 is 1.03 bits per heavy atom. The minimum absolute atomic E-state index is 0. The number of rotatable bonds is 6. The van der Waals surface area contributed by atoms with Crippen LogP contribution >= 0.6 is 24.0 Å². The number of halogens is 1. The summed E-state index contributed by atoms with van der Waals surface area (Å²) in [4.78, 5) is 8.56. The lowest BCUT2D eigenvalue weighted by molar-refractivity contribution is 0.297. The fourth-order valence-electron chi connectivity index (χ4n) is 3.09. The van der Waals surface area contributed by atoms with Gasteiger partial charge in [-0.1, -0.05) is 18.2 Å². The molecule has 1 aromatic heterocycles. The molecule has 1 aliphatic rings. The number of aromatic nitrogens is 1. The number of guanidine groups is 1. The van der Waals surface area contributed by atoms with E-state index in [1.807, 2.05) is 60.7 Å². The number of benzene rings is 2. The number of hydrogen-bond donors (Lipinski definition) is 2. The third kappa shape index (κ3) is 6.74. The second-order valence-corrected chi connectivity index (χ2v) is 7.02. The molecule has 2 heterocycles. The van der Waals surface area contributed by atoms with Crippen LogP contribution in [-0.4, -0.2) is 31.2 Å². The maximum Gasteiger partial charge on any atom is 0.195 e. The number of aliphatic imine (C=N–C) groups is 1. The van der Waals surface area contributed by atoms with Gasteiger partial charge in [0, 0.05) is 38.0 Å². The fraction of sp³-hybridized carbons (Fsp3) is 0.250. The first kappa shape index (κ1) is 23.6. The van der Waals surface area contributed by atoms with Crippen LogP contribution in [0.4, 0.5) is 5.69 Å². The molecule has 0 bridgehead atoms. The number of fused-ring (bicyclic) bond motifs is 1. The van der Waals surface area contributed by atoms with Crippen molar-refractivity contribution in [3.63, 3.8) is 0 Å². The van der Waals surface area contributed by atoms with Crippen LogP contribution in [0.3, 0.4) is 0 Å². The summed E-state index contributed by atoms with van der Waals surface area (Å²) in [5.41, 5.74) is 2.90. The van der Waals surface area contributed by atoms with E-state index in [0.29, 0.717) is 32.3 Å². The van der Waals surface area contributed by atoms with Gasteiger partial charge in [0.15, 0.2) is 17.5 Å². The van der Waals surface area contributed by atoms with Crippen molar-refractivity contribution in [3.8, 4) is 17.2 Å². The minimum Gasteiger partial charge on any atom is -0.490 e. The molecule has 0 atom stereocenters. The van der Waals surface area contributed by atoms with Gasteiger partial charge < -0.3 is 24.8 Å². The van der Waals surface area contributed by atoms with Gasteiger partial charge in [-0.25, -0.2) is 0 Å². The third-order valence-corrected chi connectivity index (χ3v) is 4.73. The van der Waals surface area contributed by atoms with Crippen LogP contribution in [0.2, 0.25) is 0 Å². The lowest BCUT2D eigenvalue weighted by atomic mass is 10.2. The molecule has 2 aromatic carbocycles. The maximum atomic E-state index is 5.79. The highest BCUT2D eigenvalue weighted by atomic mass is 127. The van der Waals surface area contributed by atoms with E-state index in [1.54, 1.807) is 13.2 Å². The molecule has 0 fully saturated rings. The molecule has 0 amide bonds. The van der Waals surface area contributed by atoms with Gasteiger partial charge in [-0.15, -0.1) is 24.0 Å². The zero-order valence-electron chi connectivity index (χ0n) is 17.9. The van der Waals surface area contributed by atoms with Crippen LogP contribution in [-0.2, 0) is 13.2 Å². The van der Waals surface area contributed by atoms with Gasteiger partial charge in [0.05, 0.1) is 18.9 Å². The van der Waals surface area contributed by atoms with Gasteiger partial charge in [-0.05, 0) is 42.0 Å². The van der Waals surface area contributed by atoms with Crippen molar-refractivity contribution < 1.29 is 14.2 Å². The highest BCUT2D eigenvalue weighted by Gasteiger charge is 2.11. The monoisotopic (exact) mass is 546 g/mol. The lowest BCUT2D eigenvalue weighted by Crippen LogP contribution is -2.30. The largest absolute Gasteiger partial charge is 0.490 e. The summed E-state index contributed by atoms with van der Waals surface area (Å²) in [7, 11) is 1.74. The average Bonchev–Trinajstić information content (AvgIpc) is 3.07. The first-order valence-electron chi connectivity index (χ1n) is 10.3. The smallest absolute Gasteiger partial charge is 0.195 e. The molecule has 0 spiro atoms. The van der Waals surface area contributed by atoms with Crippen molar-refractivity contribution >= 4 is 35.6 Å². The summed E-state index contributed by atoms with van der Waals surface area (Å²) >= 11 is 0. The Hall–Kier alpha value is -3.01. The molecule has 0 saturated heterocycles.